The third kappa shape index (κ3) is 5.91. The van der Waals surface area contributed by atoms with Crippen molar-refractivity contribution in [2.24, 2.45) is 0 Å². The number of likely N-dealkylation sites (N-methyl/N-ethyl adjacent to an activating group) is 1. The number of carboxylic acid groups (broad SMARTS) is 1. The quantitative estimate of drug-likeness (QED) is 0.566. The van der Waals surface area contributed by atoms with Crippen LogP contribution in [-0.4, -0.2) is 52.9 Å². The van der Waals surface area contributed by atoms with Crippen molar-refractivity contribution in [2.75, 3.05) is 19.7 Å². The molecule has 6 heteroatoms. The maximum absolute atomic E-state index is 11.7. The first-order valence-corrected chi connectivity index (χ1v) is 5.45. The lowest BCUT2D eigenvalue weighted by Gasteiger charge is -2.23. The first-order chi connectivity index (χ1) is 7.92. The molecular weight excluding hydrogens is 224 g/mol. The zero-order valence-corrected chi connectivity index (χ0v) is 10.3. The van der Waals surface area contributed by atoms with Crippen molar-refractivity contribution in [3.05, 3.63) is 12.2 Å². The minimum atomic E-state index is -1.15. The van der Waals surface area contributed by atoms with Crippen molar-refractivity contribution in [1.29, 1.82) is 0 Å². The second-order valence-corrected chi connectivity index (χ2v) is 3.82. The Labute approximate surface area is 101 Å². The molecule has 3 N–H and O–H groups in total. The summed E-state index contributed by atoms with van der Waals surface area (Å²) in [5.74, 6) is -1.15. The average molecular weight is 244 g/mol. The minimum Gasteiger partial charge on any atom is -0.480 e. The lowest BCUT2D eigenvalue weighted by molar-refractivity contribution is -0.139. The molecule has 0 aliphatic rings. The highest BCUT2D eigenvalue weighted by atomic mass is 16.4. The number of rotatable bonds is 7. The normalized spacial score (nSPS) is 11.7. The fraction of sp³-hybridized carbons (Fsp3) is 0.636. The van der Waals surface area contributed by atoms with Crippen LogP contribution in [0.4, 0.5) is 4.79 Å². The highest BCUT2D eigenvalue weighted by molar-refractivity contribution is 5.82. The predicted molar refractivity (Wildman–Crippen MR) is 63.7 cm³/mol. The van der Waals surface area contributed by atoms with E-state index < -0.39 is 18.0 Å². The summed E-state index contributed by atoms with van der Waals surface area (Å²) >= 11 is 0. The molecule has 0 radical (unpaired) electrons. The molecule has 98 valence electrons. The Hall–Kier alpha value is -1.56. The Balaban J connectivity index is 4.45. The van der Waals surface area contributed by atoms with Crippen LogP contribution in [-0.2, 0) is 4.79 Å². The summed E-state index contributed by atoms with van der Waals surface area (Å²) in [5.41, 5.74) is 0.816. The van der Waals surface area contributed by atoms with E-state index in [2.05, 4.69) is 11.9 Å². The van der Waals surface area contributed by atoms with Crippen LogP contribution in [0, 0.1) is 0 Å². The van der Waals surface area contributed by atoms with Crippen molar-refractivity contribution in [3.8, 4) is 0 Å². The molecule has 0 fully saturated rings. The number of aliphatic carboxylic acids is 1. The monoisotopic (exact) mass is 244 g/mol. The van der Waals surface area contributed by atoms with Gasteiger partial charge in [0.15, 0.2) is 0 Å². The number of aliphatic hydroxyl groups excluding tert-OH is 1. The van der Waals surface area contributed by atoms with Gasteiger partial charge in [-0.25, -0.2) is 9.59 Å². The van der Waals surface area contributed by atoms with Gasteiger partial charge in [-0.1, -0.05) is 12.2 Å². The van der Waals surface area contributed by atoms with Gasteiger partial charge in [-0.2, -0.15) is 0 Å². The summed E-state index contributed by atoms with van der Waals surface area (Å²) in [4.78, 5) is 24.0. The van der Waals surface area contributed by atoms with Crippen LogP contribution >= 0.6 is 0 Å². The van der Waals surface area contributed by atoms with E-state index in [1.807, 2.05) is 0 Å². The van der Waals surface area contributed by atoms with E-state index in [-0.39, 0.29) is 13.0 Å². The van der Waals surface area contributed by atoms with E-state index in [9.17, 15) is 9.59 Å². The number of carbonyl (C=O) groups is 2. The summed E-state index contributed by atoms with van der Waals surface area (Å²) in [6.07, 6.45) is -0.00824. The van der Waals surface area contributed by atoms with Gasteiger partial charge in [0.25, 0.3) is 0 Å². The number of carboxylic acids is 1. The van der Waals surface area contributed by atoms with Crippen molar-refractivity contribution < 1.29 is 19.8 Å². The highest BCUT2D eigenvalue weighted by Crippen LogP contribution is 1.99. The van der Waals surface area contributed by atoms with Crippen molar-refractivity contribution in [2.45, 2.75) is 26.3 Å². The Bertz CT molecular complexity index is 291. The lowest BCUT2D eigenvalue weighted by atomic mass is 10.2. The highest BCUT2D eigenvalue weighted by Gasteiger charge is 2.21. The maximum Gasteiger partial charge on any atom is 0.326 e. The fourth-order valence-corrected chi connectivity index (χ4v) is 1.28. The molecule has 0 aliphatic heterocycles. The minimum absolute atomic E-state index is 0.00824. The first kappa shape index (κ1) is 15.4. The van der Waals surface area contributed by atoms with Crippen molar-refractivity contribution in [1.82, 2.24) is 10.2 Å². The molecule has 6 nitrogen and oxygen atoms in total. The van der Waals surface area contributed by atoms with Crippen molar-refractivity contribution >= 4 is 12.0 Å². The summed E-state index contributed by atoms with van der Waals surface area (Å²) in [7, 11) is 0. The van der Waals surface area contributed by atoms with Crippen LogP contribution in [0.15, 0.2) is 12.2 Å². The molecule has 0 bridgehead atoms. The molecule has 0 saturated carbocycles. The first-order valence-electron chi connectivity index (χ1n) is 5.45. The van der Waals surface area contributed by atoms with E-state index in [1.54, 1.807) is 13.8 Å². The summed E-state index contributed by atoms with van der Waals surface area (Å²) in [6, 6.07) is -1.52. The van der Waals surface area contributed by atoms with Gasteiger partial charge in [0.1, 0.15) is 6.04 Å². The number of nitrogens with zero attached hydrogens (tertiary/aromatic N) is 1. The van der Waals surface area contributed by atoms with Gasteiger partial charge in [0.2, 0.25) is 0 Å². The zero-order chi connectivity index (χ0) is 13.4. The van der Waals surface area contributed by atoms with Gasteiger partial charge < -0.3 is 20.4 Å². The number of urea groups is 1. The third-order valence-corrected chi connectivity index (χ3v) is 2.14. The van der Waals surface area contributed by atoms with Crippen molar-refractivity contribution in [3.63, 3.8) is 0 Å². The fourth-order valence-electron chi connectivity index (χ4n) is 1.28. The zero-order valence-electron chi connectivity index (χ0n) is 10.3. The van der Waals surface area contributed by atoms with Gasteiger partial charge in [0.05, 0.1) is 0 Å². The maximum atomic E-state index is 11.7. The largest absolute Gasteiger partial charge is 0.480 e. The molecule has 17 heavy (non-hydrogen) atoms. The average Bonchev–Trinajstić information content (AvgIpc) is 2.24. The predicted octanol–water partition coefficient (Wildman–Crippen LogP) is 0.430. The number of aliphatic hydroxyl groups is 1. The molecule has 0 heterocycles. The summed E-state index contributed by atoms with van der Waals surface area (Å²) in [5, 5.41) is 19.9. The molecule has 0 aromatic carbocycles. The van der Waals surface area contributed by atoms with E-state index in [1.165, 1.54) is 4.90 Å². The van der Waals surface area contributed by atoms with Crippen LogP contribution in [0.25, 0.3) is 0 Å². The second-order valence-electron chi connectivity index (χ2n) is 3.82. The molecule has 0 spiro atoms. The second kappa shape index (κ2) is 7.67. The molecular formula is C11H20N2O4. The van der Waals surface area contributed by atoms with Gasteiger partial charge >= 0.3 is 12.0 Å². The van der Waals surface area contributed by atoms with E-state index in [0.717, 1.165) is 5.57 Å². The Morgan fingerprint density at radius 3 is 2.41 bits per heavy atom. The number of carbonyl (C=O) groups excluding carboxylic acids is 1. The molecule has 0 saturated heterocycles. The number of hydrogen-bond donors (Lipinski definition) is 3. The molecule has 0 aliphatic carbocycles. The summed E-state index contributed by atoms with van der Waals surface area (Å²) in [6.45, 7) is 7.84. The smallest absolute Gasteiger partial charge is 0.326 e. The van der Waals surface area contributed by atoms with Gasteiger partial charge in [-0.15, -0.1) is 0 Å². The molecule has 0 aromatic rings. The topological polar surface area (TPSA) is 89.9 Å². The Morgan fingerprint density at radius 2 is 2.06 bits per heavy atom. The number of hydrogen-bond acceptors (Lipinski definition) is 3. The van der Waals surface area contributed by atoms with Crippen LogP contribution < -0.4 is 5.32 Å². The SMILES string of the molecule is C=C(C)CN(CC)C(=O)NC(CCO)C(=O)O. The number of nitrogens with one attached hydrogen (secondary N) is 1. The van der Waals surface area contributed by atoms with E-state index >= 15 is 0 Å². The molecule has 1 atom stereocenters. The third-order valence-electron chi connectivity index (χ3n) is 2.14. The molecule has 1 unspecified atom stereocenters. The molecule has 0 aromatic heterocycles. The Morgan fingerprint density at radius 1 is 1.47 bits per heavy atom. The van der Waals surface area contributed by atoms with Gasteiger partial charge in [-0.05, 0) is 13.8 Å². The van der Waals surface area contributed by atoms with E-state index in [0.29, 0.717) is 13.1 Å². The van der Waals surface area contributed by atoms with Crippen LogP contribution in [0.5, 0.6) is 0 Å². The lowest BCUT2D eigenvalue weighted by Crippen LogP contribution is -2.48. The van der Waals surface area contributed by atoms with Crippen LogP contribution in [0.2, 0.25) is 0 Å². The number of amides is 2. The van der Waals surface area contributed by atoms with E-state index in [4.69, 9.17) is 10.2 Å². The van der Waals surface area contributed by atoms with Crippen LogP contribution in [0.1, 0.15) is 20.3 Å². The standard InChI is InChI=1S/C11H20N2O4/c1-4-13(7-8(2)3)11(17)12-9(5-6-14)10(15)16/h9,14H,2,4-7H2,1,3H3,(H,12,17)(H,15,16). The summed E-state index contributed by atoms with van der Waals surface area (Å²) < 4.78 is 0. The van der Waals surface area contributed by atoms with Crippen LogP contribution in [0.3, 0.4) is 0 Å². The van der Waals surface area contributed by atoms with Gasteiger partial charge in [0, 0.05) is 26.1 Å². The van der Waals surface area contributed by atoms with Gasteiger partial charge in [-0.3, -0.25) is 0 Å². The molecule has 2 amide bonds. The molecule has 0 rings (SSSR count). The Kier molecular flexibility index (Phi) is 6.97.